The van der Waals surface area contributed by atoms with E-state index in [4.69, 9.17) is 0 Å². The third kappa shape index (κ3) is 4.75. The smallest absolute Gasteiger partial charge is 0.255 e. The number of aromatic nitrogens is 1. The maximum absolute atomic E-state index is 12.2. The Morgan fingerprint density at radius 3 is 2.55 bits per heavy atom. The van der Waals surface area contributed by atoms with Gasteiger partial charge in [0.1, 0.15) is 5.75 Å². The van der Waals surface area contributed by atoms with E-state index in [0.717, 1.165) is 56.4 Å². The quantitative estimate of drug-likeness (QED) is 0.478. The van der Waals surface area contributed by atoms with Crippen LogP contribution in [0.2, 0.25) is 0 Å². The molecule has 5 nitrogen and oxygen atoms in total. The predicted octanol–water partition coefficient (Wildman–Crippen LogP) is 5.12. The lowest BCUT2D eigenvalue weighted by molar-refractivity contribution is -0.0231. The number of fused-ring (bicyclic) bond motifs is 1. The van der Waals surface area contributed by atoms with E-state index in [0.29, 0.717) is 10.8 Å². The third-order valence-electron chi connectivity index (χ3n) is 7.30. The number of rotatable bonds is 5. The summed E-state index contributed by atoms with van der Waals surface area (Å²) in [5.74, 6) is 0.113. The Kier molecular flexibility index (Phi) is 6.09. The topological polar surface area (TPSA) is 76.6 Å². The van der Waals surface area contributed by atoms with Crippen LogP contribution in [0.1, 0.15) is 50.5 Å². The van der Waals surface area contributed by atoms with Crippen LogP contribution in [0.15, 0.2) is 65.1 Å². The number of nitrogens with zero attached hydrogens (tertiary/aromatic N) is 1. The first-order valence-electron chi connectivity index (χ1n) is 12.1. The molecule has 0 unspecified atom stereocenters. The summed E-state index contributed by atoms with van der Waals surface area (Å²) in [7, 11) is 0. The predicted molar refractivity (Wildman–Crippen MR) is 132 cm³/mol. The Bertz CT molecular complexity index is 1220. The van der Waals surface area contributed by atoms with Gasteiger partial charge in [-0.25, -0.2) is 0 Å². The second kappa shape index (κ2) is 9.16. The van der Waals surface area contributed by atoms with E-state index in [1.807, 2.05) is 12.1 Å². The third-order valence-corrected chi connectivity index (χ3v) is 7.30. The van der Waals surface area contributed by atoms with Crippen molar-refractivity contribution in [2.75, 3.05) is 13.1 Å². The van der Waals surface area contributed by atoms with E-state index in [-0.39, 0.29) is 11.3 Å². The van der Waals surface area contributed by atoms with Crippen molar-refractivity contribution in [1.29, 1.82) is 0 Å². The molecule has 2 aliphatic rings. The van der Waals surface area contributed by atoms with E-state index >= 15 is 0 Å². The molecule has 0 bridgehead atoms. The molecule has 2 heterocycles. The molecule has 1 aliphatic carbocycles. The van der Waals surface area contributed by atoms with Crippen molar-refractivity contribution in [3.8, 4) is 16.9 Å². The molecule has 0 atom stereocenters. The molecule has 0 amide bonds. The van der Waals surface area contributed by atoms with Gasteiger partial charge < -0.3 is 15.2 Å². The first kappa shape index (κ1) is 21.9. The normalized spacial score (nSPS) is 18.9. The van der Waals surface area contributed by atoms with E-state index in [9.17, 15) is 15.0 Å². The number of allylic oxidation sites excluding steroid dienone is 1. The summed E-state index contributed by atoms with van der Waals surface area (Å²) in [5, 5.41) is 22.5. The fraction of sp³-hybridized carbons (Fsp3) is 0.393. The Labute approximate surface area is 194 Å². The molecule has 0 radical (unpaired) electrons. The minimum Gasteiger partial charge on any atom is -0.507 e. The van der Waals surface area contributed by atoms with Crippen LogP contribution in [0.4, 0.5) is 0 Å². The van der Waals surface area contributed by atoms with Gasteiger partial charge in [-0.05, 0) is 68.2 Å². The highest BCUT2D eigenvalue weighted by Crippen LogP contribution is 2.34. The van der Waals surface area contributed by atoms with Crippen LogP contribution in [-0.2, 0) is 6.54 Å². The maximum Gasteiger partial charge on any atom is 0.255 e. The Morgan fingerprint density at radius 1 is 1.03 bits per heavy atom. The molecule has 0 saturated carbocycles. The van der Waals surface area contributed by atoms with Gasteiger partial charge in [0.25, 0.3) is 5.56 Å². The Balaban J connectivity index is 1.25. The number of pyridine rings is 1. The molecular weight excluding hydrogens is 412 g/mol. The van der Waals surface area contributed by atoms with Crippen molar-refractivity contribution in [2.45, 2.75) is 57.1 Å². The minimum atomic E-state index is -0.545. The molecule has 1 aromatic heterocycles. The molecule has 5 heteroatoms. The van der Waals surface area contributed by atoms with Crippen LogP contribution in [0.3, 0.4) is 0 Å². The van der Waals surface area contributed by atoms with Crippen LogP contribution in [-0.4, -0.2) is 38.8 Å². The minimum absolute atomic E-state index is 0.113. The second-order valence-electron chi connectivity index (χ2n) is 9.71. The summed E-state index contributed by atoms with van der Waals surface area (Å²) < 4.78 is 0. The van der Waals surface area contributed by atoms with Gasteiger partial charge >= 0.3 is 0 Å². The summed E-state index contributed by atoms with van der Waals surface area (Å²) in [5.41, 5.74) is 3.69. The van der Waals surface area contributed by atoms with Gasteiger partial charge in [0.05, 0.1) is 11.0 Å². The summed E-state index contributed by atoms with van der Waals surface area (Å²) in [6.07, 6.45) is 11.4. The highest BCUT2D eigenvalue weighted by atomic mass is 16.3. The Hall–Kier alpha value is -2.89. The van der Waals surface area contributed by atoms with Crippen molar-refractivity contribution in [2.24, 2.45) is 0 Å². The van der Waals surface area contributed by atoms with Crippen LogP contribution >= 0.6 is 0 Å². The van der Waals surface area contributed by atoms with Gasteiger partial charge in [0, 0.05) is 36.8 Å². The summed E-state index contributed by atoms with van der Waals surface area (Å²) in [4.78, 5) is 17.4. The lowest BCUT2D eigenvalue weighted by Gasteiger charge is -2.39. The maximum atomic E-state index is 12.2. The number of piperidine rings is 1. The molecule has 3 N–H and O–H groups in total. The number of aliphatic hydroxyl groups is 1. The van der Waals surface area contributed by atoms with Gasteiger partial charge in [0.15, 0.2) is 0 Å². The van der Waals surface area contributed by atoms with E-state index in [2.05, 4.69) is 28.1 Å². The molecule has 0 spiro atoms. The fourth-order valence-electron chi connectivity index (χ4n) is 5.37. The molecule has 1 aliphatic heterocycles. The van der Waals surface area contributed by atoms with Crippen LogP contribution < -0.4 is 5.56 Å². The first-order chi connectivity index (χ1) is 16.0. The lowest BCUT2D eigenvalue weighted by atomic mass is 9.82. The molecule has 2 aromatic carbocycles. The zero-order valence-corrected chi connectivity index (χ0v) is 19.0. The van der Waals surface area contributed by atoms with Gasteiger partial charge in [-0.15, -0.1) is 0 Å². The van der Waals surface area contributed by atoms with Crippen LogP contribution in [0.25, 0.3) is 21.9 Å². The molecule has 5 rings (SSSR count). The highest BCUT2D eigenvalue weighted by molar-refractivity contribution is 5.99. The first-order valence-corrected chi connectivity index (χ1v) is 12.1. The van der Waals surface area contributed by atoms with Gasteiger partial charge in [-0.3, -0.25) is 9.69 Å². The van der Waals surface area contributed by atoms with Gasteiger partial charge in [-0.1, -0.05) is 42.0 Å². The number of benzene rings is 2. The zero-order valence-electron chi connectivity index (χ0n) is 19.0. The second-order valence-corrected chi connectivity index (χ2v) is 9.71. The standard InChI is InChI=1S/C28H32N2O3/c31-25-8-4-7-23-26(25)24(18-29-27(23)32)22-11-9-21(10-12-22)19-30-15-13-28(33,14-16-30)17-20-5-2-1-3-6-20/h4-5,7-12,18,31,33H,1-3,6,13-17,19H2,(H,29,32). The average molecular weight is 445 g/mol. The number of H-pyrrole nitrogens is 1. The highest BCUT2D eigenvalue weighted by Gasteiger charge is 2.33. The molecular formula is C28H32N2O3. The summed E-state index contributed by atoms with van der Waals surface area (Å²) in [6, 6.07) is 13.3. The number of hydrogen-bond acceptors (Lipinski definition) is 4. The molecule has 1 fully saturated rings. The number of aromatic amines is 1. The van der Waals surface area contributed by atoms with Crippen LogP contribution in [0, 0.1) is 0 Å². The van der Waals surface area contributed by atoms with Gasteiger partial charge in [-0.2, -0.15) is 0 Å². The van der Waals surface area contributed by atoms with E-state index in [1.54, 1.807) is 24.4 Å². The monoisotopic (exact) mass is 444 g/mol. The molecule has 172 valence electrons. The number of likely N-dealkylation sites (tertiary alicyclic amines) is 1. The van der Waals surface area contributed by atoms with E-state index < -0.39 is 5.60 Å². The number of phenolic OH excluding ortho intramolecular Hbond substituents is 1. The van der Waals surface area contributed by atoms with E-state index in [1.165, 1.54) is 30.4 Å². The zero-order chi connectivity index (χ0) is 22.8. The number of nitrogens with one attached hydrogen (secondary N) is 1. The van der Waals surface area contributed by atoms with Crippen molar-refractivity contribution >= 4 is 10.8 Å². The molecule has 3 aromatic rings. The molecule has 33 heavy (non-hydrogen) atoms. The summed E-state index contributed by atoms with van der Waals surface area (Å²) >= 11 is 0. The lowest BCUT2D eigenvalue weighted by Crippen LogP contribution is -2.44. The van der Waals surface area contributed by atoms with Gasteiger partial charge in [0.2, 0.25) is 0 Å². The summed E-state index contributed by atoms with van der Waals surface area (Å²) in [6.45, 7) is 2.67. The van der Waals surface area contributed by atoms with Crippen molar-refractivity contribution in [1.82, 2.24) is 9.88 Å². The molecule has 1 saturated heterocycles. The van der Waals surface area contributed by atoms with Crippen LogP contribution in [0.5, 0.6) is 5.75 Å². The van der Waals surface area contributed by atoms with Crippen molar-refractivity contribution in [3.05, 3.63) is 76.2 Å². The number of hydrogen-bond donors (Lipinski definition) is 3. The number of phenols is 1. The Morgan fingerprint density at radius 2 is 1.82 bits per heavy atom. The largest absolute Gasteiger partial charge is 0.507 e. The number of aromatic hydroxyl groups is 1. The fourth-order valence-corrected chi connectivity index (χ4v) is 5.37. The van der Waals surface area contributed by atoms with Crippen molar-refractivity contribution in [3.63, 3.8) is 0 Å². The SMILES string of the molecule is O=c1[nH]cc(-c2ccc(CN3CCC(O)(CC4=CCCCC4)CC3)cc2)c2c(O)cccc12. The van der Waals surface area contributed by atoms with Crippen molar-refractivity contribution < 1.29 is 10.2 Å². The average Bonchev–Trinajstić information content (AvgIpc) is 2.83.